The smallest absolute Gasteiger partial charge is 0.150 e. The summed E-state index contributed by atoms with van der Waals surface area (Å²) in [4.78, 5) is 12.2. The first-order valence-corrected chi connectivity index (χ1v) is 5.87. The molecule has 2 rings (SSSR count). The van der Waals surface area contributed by atoms with E-state index in [2.05, 4.69) is 17.0 Å². The van der Waals surface area contributed by atoms with E-state index in [1.807, 2.05) is 57.4 Å². The van der Waals surface area contributed by atoms with E-state index in [0.29, 0.717) is 0 Å². The maximum atomic E-state index is 10.2. The Morgan fingerprint density at radius 1 is 0.944 bits per heavy atom. The van der Waals surface area contributed by atoms with Crippen LogP contribution < -0.4 is 4.90 Å². The zero-order chi connectivity index (χ0) is 13.4. The highest BCUT2D eigenvalue weighted by Crippen LogP contribution is 2.07. The monoisotopic (exact) mass is 241 g/mol. The molecule has 0 fully saturated rings. The Morgan fingerprint density at radius 3 is 2.00 bits per heavy atom. The van der Waals surface area contributed by atoms with Gasteiger partial charge in [0, 0.05) is 25.3 Å². The summed E-state index contributed by atoms with van der Waals surface area (Å²) in [5.74, 6) is 0. The predicted molar refractivity (Wildman–Crippen MR) is 77.3 cm³/mol. The van der Waals surface area contributed by atoms with Gasteiger partial charge in [-0.25, -0.2) is 0 Å². The summed E-state index contributed by atoms with van der Waals surface area (Å²) in [5, 5.41) is 0. The number of anilines is 1. The fraction of sp³-hybridized carbons (Fsp3) is 0.188. The van der Waals surface area contributed by atoms with Crippen molar-refractivity contribution >= 4 is 12.0 Å². The summed E-state index contributed by atoms with van der Waals surface area (Å²) in [6, 6.07) is 17.7. The lowest BCUT2D eigenvalue weighted by Gasteiger charge is -2.10. The fourth-order valence-corrected chi connectivity index (χ4v) is 1.47. The second-order valence-corrected chi connectivity index (χ2v) is 4.26. The molecule has 0 N–H and O–H groups in total. The first kappa shape index (κ1) is 14.0. The molecule has 18 heavy (non-hydrogen) atoms. The molecule has 0 aliphatic carbocycles. The van der Waals surface area contributed by atoms with Gasteiger partial charge < -0.3 is 4.90 Å². The van der Waals surface area contributed by atoms with Gasteiger partial charge in [-0.15, -0.1) is 0 Å². The summed E-state index contributed by atoms with van der Waals surface area (Å²) < 4.78 is 0. The Hall–Kier alpha value is -2.09. The van der Waals surface area contributed by atoms with Crippen LogP contribution in [0.4, 0.5) is 5.69 Å². The summed E-state index contributed by atoms with van der Waals surface area (Å²) in [6.07, 6.45) is 0.854. The number of hydrogen-bond acceptors (Lipinski definition) is 2. The van der Waals surface area contributed by atoms with Crippen molar-refractivity contribution in [2.45, 2.75) is 6.92 Å². The van der Waals surface area contributed by atoms with Gasteiger partial charge in [-0.1, -0.05) is 42.0 Å². The van der Waals surface area contributed by atoms with Crippen molar-refractivity contribution in [2.75, 3.05) is 19.0 Å². The van der Waals surface area contributed by atoms with E-state index in [0.717, 1.165) is 17.4 Å². The highest BCUT2D eigenvalue weighted by molar-refractivity contribution is 5.74. The minimum absolute atomic E-state index is 0.745. The molecule has 0 unspecified atom stereocenters. The van der Waals surface area contributed by atoms with Crippen molar-refractivity contribution in [2.24, 2.45) is 0 Å². The van der Waals surface area contributed by atoms with Gasteiger partial charge in [0.2, 0.25) is 0 Å². The molecule has 0 aliphatic rings. The minimum atomic E-state index is 0.745. The molecule has 0 amide bonds. The fourth-order valence-electron chi connectivity index (χ4n) is 1.47. The van der Waals surface area contributed by atoms with Gasteiger partial charge in [-0.2, -0.15) is 0 Å². The molecule has 2 nitrogen and oxygen atoms in total. The third-order valence-electron chi connectivity index (χ3n) is 2.45. The molecule has 0 radical (unpaired) electrons. The lowest BCUT2D eigenvalue weighted by Crippen LogP contribution is -2.07. The lowest BCUT2D eigenvalue weighted by atomic mass is 10.2. The van der Waals surface area contributed by atoms with Gasteiger partial charge in [0.1, 0.15) is 6.29 Å². The summed E-state index contributed by atoms with van der Waals surface area (Å²) in [6.45, 7) is 1.97. The van der Waals surface area contributed by atoms with Crippen molar-refractivity contribution < 1.29 is 4.79 Å². The number of rotatable bonds is 2. The van der Waals surface area contributed by atoms with Crippen molar-refractivity contribution in [1.29, 1.82) is 0 Å². The Labute approximate surface area is 109 Å². The van der Waals surface area contributed by atoms with Gasteiger partial charge in [-0.05, 0) is 25.1 Å². The van der Waals surface area contributed by atoms with E-state index >= 15 is 0 Å². The molecule has 0 heterocycles. The van der Waals surface area contributed by atoms with Gasteiger partial charge in [-0.3, -0.25) is 4.79 Å². The second-order valence-electron chi connectivity index (χ2n) is 4.26. The largest absolute Gasteiger partial charge is 0.378 e. The van der Waals surface area contributed by atoms with Crippen LogP contribution in [0.2, 0.25) is 0 Å². The van der Waals surface area contributed by atoms with E-state index in [9.17, 15) is 4.79 Å². The van der Waals surface area contributed by atoms with Crippen molar-refractivity contribution in [3.63, 3.8) is 0 Å². The number of hydrogen-bond donors (Lipinski definition) is 0. The zero-order valence-electron chi connectivity index (χ0n) is 11.1. The van der Waals surface area contributed by atoms with Crippen molar-refractivity contribution in [1.82, 2.24) is 0 Å². The van der Waals surface area contributed by atoms with Crippen LogP contribution in [0, 0.1) is 6.92 Å². The van der Waals surface area contributed by atoms with Gasteiger partial charge in [0.05, 0.1) is 0 Å². The van der Waals surface area contributed by atoms with Gasteiger partial charge in [0.25, 0.3) is 0 Å². The molecule has 2 aromatic carbocycles. The maximum absolute atomic E-state index is 10.2. The third kappa shape index (κ3) is 4.83. The maximum Gasteiger partial charge on any atom is 0.150 e. The number of carbonyl (C=O) groups is 1. The SMILES string of the molecule is CN(C)c1ccccc1.Cc1cccc(C=O)c1. The third-order valence-corrected chi connectivity index (χ3v) is 2.45. The molecule has 0 saturated heterocycles. The second kappa shape index (κ2) is 7.28. The summed E-state index contributed by atoms with van der Waals surface area (Å²) in [5.41, 5.74) is 3.12. The highest BCUT2D eigenvalue weighted by atomic mass is 16.1. The molecular weight excluding hydrogens is 222 g/mol. The number of para-hydroxylation sites is 1. The van der Waals surface area contributed by atoms with E-state index < -0.39 is 0 Å². The number of carbonyl (C=O) groups excluding carboxylic acids is 1. The van der Waals surface area contributed by atoms with Crippen molar-refractivity contribution in [3.05, 3.63) is 65.7 Å². The normalized spacial score (nSPS) is 9.06. The molecule has 0 bridgehead atoms. The average molecular weight is 241 g/mol. The van der Waals surface area contributed by atoms with Crippen LogP contribution in [-0.4, -0.2) is 20.4 Å². The average Bonchev–Trinajstić information content (AvgIpc) is 2.40. The minimum Gasteiger partial charge on any atom is -0.378 e. The topological polar surface area (TPSA) is 20.3 Å². The number of aryl methyl sites for hydroxylation is 1. The standard InChI is InChI=1S/C8H11N.C8H8O/c1-9(2)8-6-4-3-5-7-8;1-7-3-2-4-8(5-7)6-9/h3-7H,1-2H3;2-6H,1H3. The van der Waals surface area contributed by atoms with Gasteiger partial charge in [0.15, 0.2) is 0 Å². The van der Waals surface area contributed by atoms with Crippen LogP contribution in [0.3, 0.4) is 0 Å². The quantitative estimate of drug-likeness (QED) is 0.749. The molecule has 0 aliphatic heterocycles. The molecular formula is C16H19NO. The molecule has 0 spiro atoms. The van der Waals surface area contributed by atoms with Crippen LogP contribution in [-0.2, 0) is 0 Å². The summed E-state index contributed by atoms with van der Waals surface area (Å²) >= 11 is 0. The van der Waals surface area contributed by atoms with E-state index in [1.165, 1.54) is 5.69 Å². The van der Waals surface area contributed by atoms with E-state index in [4.69, 9.17) is 0 Å². The van der Waals surface area contributed by atoms with E-state index in [1.54, 1.807) is 6.07 Å². The Bertz CT molecular complexity index is 477. The predicted octanol–water partition coefficient (Wildman–Crippen LogP) is 3.56. The highest BCUT2D eigenvalue weighted by Gasteiger charge is 1.88. The van der Waals surface area contributed by atoms with Crippen molar-refractivity contribution in [3.8, 4) is 0 Å². The van der Waals surface area contributed by atoms with Crippen LogP contribution in [0.5, 0.6) is 0 Å². The van der Waals surface area contributed by atoms with Gasteiger partial charge >= 0.3 is 0 Å². The molecule has 0 saturated carbocycles. The summed E-state index contributed by atoms with van der Waals surface area (Å²) in [7, 11) is 4.07. The first-order valence-electron chi connectivity index (χ1n) is 5.87. The molecule has 94 valence electrons. The first-order chi connectivity index (χ1) is 8.63. The Balaban J connectivity index is 0.000000180. The number of nitrogens with zero attached hydrogens (tertiary/aromatic N) is 1. The number of aldehydes is 1. The van der Waals surface area contributed by atoms with Crippen LogP contribution in [0.1, 0.15) is 15.9 Å². The zero-order valence-corrected chi connectivity index (χ0v) is 11.1. The molecule has 2 heteroatoms. The van der Waals surface area contributed by atoms with Crippen LogP contribution in [0.25, 0.3) is 0 Å². The van der Waals surface area contributed by atoms with Crippen LogP contribution in [0.15, 0.2) is 54.6 Å². The number of benzene rings is 2. The Kier molecular flexibility index (Phi) is 5.65. The molecule has 0 atom stereocenters. The van der Waals surface area contributed by atoms with Crippen LogP contribution >= 0.6 is 0 Å². The lowest BCUT2D eigenvalue weighted by molar-refractivity contribution is 0.112. The Morgan fingerprint density at radius 2 is 1.61 bits per heavy atom. The molecule has 2 aromatic rings. The molecule has 0 aromatic heterocycles. The van der Waals surface area contributed by atoms with E-state index in [-0.39, 0.29) is 0 Å².